The number of anilines is 1. The summed E-state index contributed by atoms with van der Waals surface area (Å²) >= 11 is 0. The molecule has 2 rings (SSSR count). The molecule has 20 heavy (non-hydrogen) atoms. The van der Waals surface area contributed by atoms with Crippen molar-refractivity contribution >= 4 is 5.69 Å². The van der Waals surface area contributed by atoms with Crippen LogP contribution in [0.1, 0.15) is 16.7 Å². The van der Waals surface area contributed by atoms with E-state index >= 15 is 0 Å². The highest BCUT2D eigenvalue weighted by Crippen LogP contribution is 2.34. The molecule has 0 atom stereocenters. The Bertz CT molecular complexity index is 605. The molecule has 5 heteroatoms. The lowest BCUT2D eigenvalue weighted by atomic mass is 10.1. The molecule has 0 heterocycles. The van der Waals surface area contributed by atoms with Gasteiger partial charge in [0.25, 0.3) is 0 Å². The second-order valence-electron chi connectivity index (χ2n) is 4.47. The van der Waals surface area contributed by atoms with Crippen molar-refractivity contribution in [2.75, 3.05) is 5.32 Å². The van der Waals surface area contributed by atoms with Crippen LogP contribution < -0.4 is 5.32 Å². The summed E-state index contributed by atoms with van der Waals surface area (Å²) in [4.78, 5) is 0. The molecule has 0 bridgehead atoms. The van der Waals surface area contributed by atoms with E-state index in [4.69, 9.17) is 0 Å². The first-order valence-corrected chi connectivity index (χ1v) is 6.03. The van der Waals surface area contributed by atoms with Crippen LogP contribution in [-0.4, -0.2) is 0 Å². The molecule has 1 nitrogen and oxygen atoms in total. The van der Waals surface area contributed by atoms with Gasteiger partial charge in [-0.2, -0.15) is 13.2 Å². The van der Waals surface area contributed by atoms with Crippen molar-refractivity contribution in [2.45, 2.75) is 19.6 Å². The quantitative estimate of drug-likeness (QED) is 0.800. The van der Waals surface area contributed by atoms with E-state index < -0.39 is 17.6 Å². The SMILES string of the molecule is Cc1ccc(F)cc1CNc1ccccc1C(F)(F)F. The smallest absolute Gasteiger partial charge is 0.380 e. The van der Waals surface area contributed by atoms with Gasteiger partial charge < -0.3 is 5.32 Å². The van der Waals surface area contributed by atoms with Crippen molar-refractivity contribution in [3.63, 3.8) is 0 Å². The maximum atomic E-state index is 13.1. The summed E-state index contributed by atoms with van der Waals surface area (Å²) in [5.41, 5.74) is 0.711. The molecule has 0 aliphatic carbocycles. The normalized spacial score (nSPS) is 11.4. The molecule has 0 spiro atoms. The molecule has 0 amide bonds. The van der Waals surface area contributed by atoms with Crippen LogP contribution in [0.2, 0.25) is 0 Å². The van der Waals surface area contributed by atoms with E-state index in [9.17, 15) is 17.6 Å². The van der Waals surface area contributed by atoms with Crippen LogP contribution in [0.15, 0.2) is 42.5 Å². The van der Waals surface area contributed by atoms with E-state index in [1.807, 2.05) is 0 Å². The Morgan fingerprint density at radius 3 is 2.45 bits per heavy atom. The summed E-state index contributed by atoms with van der Waals surface area (Å²) in [5, 5.41) is 2.72. The molecule has 106 valence electrons. The van der Waals surface area contributed by atoms with Gasteiger partial charge >= 0.3 is 6.18 Å². The highest BCUT2D eigenvalue weighted by atomic mass is 19.4. The van der Waals surface area contributed by atoms with E-state index in [0.29, 0.717) is 5.56 Å². The van der Waals surface area contributed by atoms with Gasteiger partial charge in [-0.05, 0) is 42.3 Å². The number of rotatable bonds is 3. The molecule has 0 unspecified atom stereocenters. The lowest BCUT2D eigenvalue weighted by molar-refractivity contribution is -0.136. The number of alkyl halides is 3. The fourth-order valence-electron chi connectivity index (χ4n) is 1.91. The van der Waals surface area contributed by atoms with Crippen LogP contribution in [-0.2, 0) is 12.7 Å². The van der Waals surface area contributed by atoms with Gasteiger partial charge in [0.15, 0.2) is 0 Å². The maximum absolute atomic E-state index is 13.1. The van der Waals surface area contributed by atoms with Gasteiger partial charge in [0.1, 0.15) is 5.82 Å². The third-order valence-electron chi connectivity index (χ3n) is 3.01. The zero-order valence-corrected chi connectivity index (χ0v) is 10.8. The van der Waals surface area contributed by atoms with E-state index in [2.05, 4.69) is 5.32 Å². The lowest BCUT2D eigenvalue weighted by Crippen LogP contribution is -2.11. The van der Waals surface area contributed by atoms with Gasteiger partial charge in [-0.1, -0.05) is 18.2 Å². The van der Waals surface area contributed by atoms with Gasteiger partial charge in [0.05, 0.1) is 5.56 Å². The number of para-hydroxylation sites is 1. The van der Waals surface area contributed by atoms with Crippen LogP contribution >= 0.6 is 0 Å². The zero-order chi connectivity index (χ0) is 14.8. The number of hydrogen-bond donors (Lipinski definition) is 1. The van der Waals surface area contributed by atoms with Gasteiger partial charge in [0, 0.05) is 12.2 Å². The zero-order valence-electron chi connectivity index (χ0n) is 10.8. The van der Waals surface area contributed by atoms with E-state index in [-0.39, 0.29) is 12.2 Å². The molecule has 0 radical (unpaired) electrons. The Kier molecular flexibility index (Phi) is 3.97. The number of benzene rings is 2. The van der Waals surface area contributed by atoms with Crippen molar-refractivity contribution in [3.05, 3.63) is 65.0 Å². The molecule has 1 N–H and O–H groups in total. The molecule has 0 aromatic heterocycles. The van der Waals surface area contributed by atoms with Gasteiger partial charge in [-0.25, -0.2) is 4.39 Å². The first-order valence-electron chi connectivity index (χ1n) is 6.03. The Balaban J connectivity index is 2.21. The largest absolute Gasteiger partial charge is 0.418 e. The van der Waals surface area contributed by atoms with E-state index in [0.717, 1.165) is 11.6 Å². The van der Waals surface area contributed by atoms with Crippen molar-refractivity contribution in [1.82, 2.24) is 0 Å². The summed E-state index contributed by atoms with van der Waals surface area (Å²) in [6.07, 6.45) is -4.42. The monoisotopic (exact) mass is 283 g/mol. The fourth-order valence-corrected chi connectivity index (χ4v) is 1.91. The Morgan fingerprint density at radius 1 is 1.05 bits per heavy atom. The number of halogens is 4. The molecule has 2 aromatic rings. The number of hydrogen-bond acceptors (Lipinski definition) is 1. The average molecular weight is 283 g/mol. The van der Waals surface area contributed by atoms with E-state index in [1.165, 1.54) is 30.3 Å². The van der Waals surface area contributed by atoms with E-state index in [1.54, 1.807) is 13.0 Å². The molecule has 0 saturated heterocycles. The van der Waals surface area contributed by atoms with Crippen molar-refractivity contribution in [3.8, 4) is 0 Å². The first-order chi connectivity index (χ1) is 9.38. The molecular weight excluding hydrogens is 270 g/mol. The highest BCUT2D eigenvalue weighted by molar-refractivity contribution is 5.53. The second-order valence-corrected chi connectivity index (χ2v) is 4.47. The van der Waals surface area contributed by atoms with Crippen LogP contribution in [0, 0.1) is 12.7 Å². The molecular formula is C15H13F4N. The fraction of sp³-hybridized carbons (Fsp3) is 0.200. The second kappa shape index (κ2) is 5.53. The van der Waals surface area contributed by atoms with Crippen molar-refractivity contribution < 1.29 is 17.6 Å². The van der Waals surface area contributed by atoms with Crippen molar-refractivity contribution in [1.29, 1.82) is 0 Å². The Labute approximate surface area is 114 Å². The Hall–Kier alpha value is -2.04. The van der Waals surface area contributed by atoms with Gasteiger partial charge in [0.2, 0.25) is 0 Å². The minimum atomic E-state index is -4.42. The number of aryl methyl sites for hydroxylation is 1. The molecule has 0 fully saturated rings. The summed E-state index contributed by atoms with van der Waals surface area (Å²) < 4.78 is 51.6. The highest BCUT2D eigenvalue weighted by Gasteiger charge is 2.33. The summed E-state index contributed by atoms with van der Waals surface area (Å²) in [7, 11) is 0. The van der Waals surface area contributed by atoms with Gasteiger partial charge in [-0.15, -0.1) is 0 Å². The minimum absolute atomic E-state index is 0.0105. The average Bonchev–Trinajstić information content (AvgIpc) is 2.39. The lowest BCUT2D eigenvalue weighted by Gasteiger charge is -2.15. The summed E-state index contributed by atoms with van der Waals surface area (Å²) in [6.45, 7) is 1.92. The first kappa shape index (κ1) is 14.4. The van der Waals surface area contributed by atoms with Crippen LogP contribution in [0.3, 0.4) is 0 Å². The third-order valence-corrected chi connectivity index (χ3v) is 3.01. The molecule has 0 aliphatic heterocycles. The maximum Gasteiger partial charge on any atom is 0.418 e. The molecule has 0 saturated carbocycles. The van der Waals surface area contributed by atoms with Crippen molar-refractivity contribution in [2.24, 2.45) is 0 Å². The minimum Gasteiger partial charge on any atom is -0.380 e. The predicted octanol–water partition coefficient (Wildman–Crippen LogP) is 4.77. The van der Waals surface area contributed by atoms with Crippen LogP contribution in [0.5, 0.6) is 0 Å². The molecule has 2 aromatic carbocycles. The summed E-state index contributed by atoms with van der Waals surface area (Å²) in [5.74, 6) is -0.406. The van der Waals surface area contributed by atoms with Crippen LogP contribution in [0.25, 0.3) is 0 Å². The summed E-state index contributed by atoms with van der Waals surface area (Å²) in [6, 6.07) is 9.47. The predicted molar refractivity (Wildman–Crippen MR) is 69.9 cm³/mol. The Morgan fingerprint density at radius 2 is 1.75 bits per heavy atom. The van der Waals surface area contributed by atoms with Crippen LogP contribution in [0.4, 0.5) is 23.2 Å². The number of nitrogens with one attached hydrogen (secondary N) is 1. The topological polar surface area (TPSA) is 12.0 Å². The van der Waals surface area contributed by atoms with Gasteiger partial charge in [-0.3, -0.25) is 0 Å². The third kappa shape index (κ3) is 3.29. The molecule has 0 aliphatic rings. The standard InChI is InChI=1S/C15H13F4N/c1-10-6-7-12(16)8-11(10)9-20-14-5-3-2-4-13(14)15(17,18)19/h2-8,20H,9H2,1H3.